The lowest BCUT2D eigenvalue weighted by atomic mass is 10.1. The third kappa shape index (κ3) is 3.46. The van der Waals surface area contributed by atoms with Gasteiger partial charge in [0.25, 0.3) is 0 Å². The van der Waals surface area contributed by atoms with Crippen molar-refractivity contribution in [2.75, 3.05) is 19.6 Å². The minimum absolute atomic E-state index is 0.731. The monoisotopic (exact) mass is 251 g/mol. The van der Waals surface area contributed by atoms with Crippen LogP contribution in [-0.2, 0) is 0 Å². The second-order valence-electron chi connectivity index (χ2n) is 3.41. The Bertz CT molecular complexity index is 162. The van der Waals surface area contributed by atoms with E-state index >= 15 is 0 Å². The normalized spacial score (nSPS) is 23.1. The fourth-order valence-electron chi connectivity index (χ4n) is 1.45. The minimum atomic E-state index is 0.731. The summed E-state index contributed by atoms with van der Waals surface area (Å²) in [5.41, 5.74) is 2.94. The van der Waals surface area contributed by atoms with E-state index < -0.39 is 0 Å². The average Bonchev–Trinajstić information content (AvgIpc) is 2.09. The Morgan fingerprint density at radius 3 is 2.67 bits per heavy atom. The van der Waals surface area contributed by atoms with E-state index in [1.807, 2.05) is 0 Å². The molecule has 0 atom stereocenters. The number of hydrogen-bond acceptors (Lipinski definition) is 1. The van der Waals surface area contributed by atoms with Gasteiger partial charge >= 0.3 is 0 Å². The highest BCUT2D eigenvalue weighted by Gasteiger charge is 2.16. The zero-order chi connectivity index (χ0) is 8.97. The first-order chi connectivity index (χ1) is 5.72. The Balaban J connectivity index is 2.26. The summed E-state index contributed by atoms with van der Waals surface area (Å²) in [6.45, 7) is 5.49. The second-order valence-corrected chi connectivity index (χ2v) is 4.92. The smallest absolute Gasteiger partial charge is 0.0201 e. The summed E-state index contributed by atoms with van der Waals surface area (Å²) < 4.78 is 0. The number of alkyl halides is 1. The van der Waals surface area contributed by atoms with E-state index in [9.17, 15) is 0 Å². The first kappa shape index (κ1) is 10.6. The number of hydrogen-bond donors (Lipinski definition) is 0. The van der Waals surface area contributed by atoms with Gasteiger partial charge in [-0.25, -0.2) is 0 Å². The van der Waals surface area contributed by atoms with E-state index in [1.54, 1.807) is 5.54 Å². The molecule has 0 unspecified atom stereocenters. The van der Waals surface area contributed by atoms with E-state index in [0.717, 1.165) is 11.4 Å². The molecule has 0 saturated carbocycles. The fourth-order valence-corrected chi connectivity index (χ4v) is 1.93. The molecule has 12 heavy (non-hydrogen) atoms. The molecular formula is C9H15BrClN. The van der Waals surface area contributed by atoms with Gasteiger partial charge in [-0.3, -0.25) is 4.90 Å². The molecule has 1 nitrogen and oxygen atoms in total. The van der Waals surface area contributed by atoms with Crippen LogP contribution in [-0.4, -0.2) is 29.4 Å². The van der Waals surface area contributed by atoms with Gasteiger partial charge in [-0.05, 0) is 38.4 Å². The standard InChI is InChI=1S/C9H15BrClN/c1-8(6-11)7-12-4-2-9(10)3-5-12/h6,9H,2-5,7H2,1H3/b8-6+. The molecule has 0 aromatic carbocycles. The molecule has 0 bridgehead atoms. The SMILES string of the molecule is C/C(=C\Cl)CN1CCC(Br)CC1. The molecule has 1 saturated heterocycles. The van der Waals surface area contributed by atoms with Crippen LogP contribution in [0.2, 0.25) is 0 Å². The number of piperidine rings is 1. The molecule has 0 spiro atoms. The summed E-state index contributed by atoms with van der Waals surface area (Å²) >= 11 is 9.23. The van der Waals surface area contributed by atoms with Crippen molar-refractivity contribution in [3.05, 3.63) is 11.1 Å². The lowest BCUT2D eigenvalue weighted by molar-refractivity contribution is 0.252. The highest BCUT2D eigenvalue weighted by atomic mass is 79.9. The van der Waals surface area contributed by atoms with E-state index in [0.29, 0.717) is 0 Å². The van der Waals surface area contributed by atoms with Crippen molar-refractivity contribution in [2.24, 2.45) is 0 Å². The molecule has 0 aromatic rings. The third-order valence-electron chi connectivity index (χ3n) is 2.18. The van der Waals surface area contributed by atoms with Crippen LogP contribution in [0, 0.1) is 0 Å². The van der Waals surface area contributed by atoms with Gasteiger partial charge < -0.3 is 0 Å². The molecule has 0 N–H and O–H groups in total. The molecule has 0 radical (unpaired) electrons. The van der Waals surface area contributed by atoms with E-state index in [1.165, 1.54) is 31.5 Å². The zero-order valence-electron chi connectivity index (χ0n) is 7.39. The molecule has 70 valence electrons. The predicted octanol–water partition coefficient (Wildman–Crippen LogP) is 2.99. The summed E-state index contributed by atoms with van der Waals surface area (Å²) in [6.07, 6.45) is 2.52. The number of nitrogens with zero attached hydrogens (tertiary/aromatic N) is 1. The van der Waals surface area contributed by atoms with Crippen molar-refractivity contribution in [3.8, 4) is 0 Å². The molecule has 1 aliphatic heterocycles. The molecule has 0 aliphatic carbocycles. The number of rotatable bonds is 2. The van der Waals surface area contributed by atoms with Crippen molar-refractivity contribution in [1.29, 1.82) is 0 Å². The van der Waals surface area contributed by atoms with Crippen molar-refractivity contribution < 1.29 is 0 Å². The molecule has 1 fully saturated rings. The van der Waals surface area contributed by atoms with Gasteiger partial charge in [-0.2, -0.15) is 0 Å². The van der Waals surface area contributed by atoms with Crippen molar-refractivity contribution in [2.45, 2.75) is 24.6 Å². The molecule has 0 aromatic heterocycles. The highest BCUT2D eigenvalue weighted by Crippen LogP contribution is 2.17. The van der Waals surface area contributed by atoms with Gasteiger partial charge in [0.2, 0.25) is 0 Å². The van der Waals surface area contributed by atoms with Crippen LogP contribution in [0.3, 0.4) is 0 Å². The van der Waals surface area contributed by atoms with Gasteiger partial charge in [0, 0.05) is 16.9 Å². The predicted molar refractivity (Wildman–Crippen MR) is 58.0 cm³/mol. The van der Waals surface area contributed by atoms with Gasteiger partial charge in [0.05, 0.1) is 0 Å². The van der Waals surface area contributed by atoms with Crippen LogP contribution in [0.4, 0.5) is 0 Å². The Hall–Kier alpha value is 0.470. The Morgan fingerprint density at radius 1 is 1.58 bits per heavy atom. The molecule has 0 amide bonds. The van der Waals surface area contributed by atoms with Gasteiger partial charge in [0.1, 0.15) is 0 Å². The molecular weight excluding hydrogens is 237 g/mol. The van der Waals surface area contributed by atoms with Crippen molar-refractivity contribution in [3.63, 3.8) is 0 Å². The molecule has 1 rings (SSSR count). The van der Waals surface area contributed by atoms with E-state index in [-0.39, 0.29) is 0 Å². The molecule has 1 heterocycles. The maximum absolute atomic E-state index is 5.60. The summed E-state index contributed by atoms with van der Waals surface area (Å²) in [7, 11) is 0. The first-order valence-corrected chi connectivity index (χ1v) is 5.70. The largest absolute Gasteiger partial charge is 0.299 e. The van der Waals surface area contributed by atoms with E-state index in [2.05, 4.69) is 27.8 Å². The maximum Gasteiger partial charge on any atom is 0.0201 e. The van der Waals surface area contributed by atoms with Crippen molar-refractivity contribution >= 4 is 27.5 Å². The van der Waals surface area contributed by atoms with Gasteiger partial charge in [-0.15, -0.1) is 0 Å². The van der Waals surface area contributed by atoms with Crippen LogP contribution >= 0.6 is 27.5 Å². The van der Waals surface area contributed by atoms with Crippen LogP contribution in [0.5, 0.6) is 0 Å². The third-order valence-corrected chi connectivity index (χ3v) is 3.46. The van der Waals surface area contributed by atoms with Crippen LogP contribution in [0.25, 0.3) is 0 Å². The lowest BCUT2D eigenvalue weighted by Gasteiger charge is -2.29. The summed E-state index contributed by atoms with van der Waals surface area (Å²) in [5.74, 6) is 0. The zero-order valence-corrected chi connectivity index (χ0v) is 9.74. The Labute approximate surface area is 87.9 Å². The van der Waals surface area contributed by atoms with Crippen LogP contribution in [0.15, 0.2) is 11.1 Å². The van der Waals surface area contributed by atoms with Gasteiger partial charge in [0.15, 0.2) is 0 Å². The lowest BCUT2D eigenvalue weighted by Crippen LogP contribution is -2.34. The van der Waals surface area contributed by atoms with E-state index in [4.69, 9.17) is 11.6 Å². The van der Waals surface area contributed by atoms with Crippen molar-refractivity contribution in [1.82, 2.24) is 4.90 Å². The second kappa shape index (κ2) is 5.25. The minimum Gasteiger partial charge on any atom is -0.299 e. The quantitative estimate of drug-likeness (QED) is 0.683. The molecule has 1 aliphatic rings. The van der Waals surface area contributed by atoms with Gasteiger partial charge in [-0.1, -0.05) is 27.5 Å². The number of halogens is 2. The maximum atomic E-state index is 5.60. The summed E-state index contributed by atoms with van der Waals surface area (Å²) in [4.78, 5) is 3.18. The highest BCUT2D eigenvalue weighted by molar-refractivity contribution is 9.09. The molecule has 3 heteroatoms. The summed E-state index contributed by atoms with van der Waals surface area (Å²) in [5, 5.41) is 0. The Morgan fingerprint density at radius 2 is 2.17 bits per heavy atom. The average molecular weight is 253 g/mol. The topological polar surface area (TPSA) is 3.24 Å². The van der Waals surface area contributed by atoms with Crippen LogP contribution < -0.4 is 0 Å². The summed E-state index contributed by atoms with van der Waals surface area (Å²) in [6, 6.07) is 0. The van der Waals surface area contributed by atoms with Crippen LogP contribution in [0.1, 0.15) is 19.8 Å². The first-order valence-electron chi connectivity index (χ1n) is 4.34. The Kier molecular flexibility index (Phi) is 4.62. The fraction of sp³-hybridized carbons (Fsp3) is 0.778. The number of likely N-dealkylation sites (tertiary alicyclic amines) is 1.